The van der Waals surface area contributed by atoms with Crippen LogP contribution in [0.4, 0.5) is 0 Å². The number of hydrogen-bond donors (Lipinski definition) is 1. The minimum atomic E-state index is -0.113. The molecule has 1 N–H and O–H groups in total. The molecule has 2 amide bonds. The standard InChI is InChI=1S/C29H30N4O3/c1-19-6-8-22(9-7-19)28-32-25-17-23(10-11-26(25)36-28)29(35)33-15-12-21(13-16-33)20(2)27(34)31-18-24-5-3-4-14-30-24/h3-11,14,17,20-21H,12-13,15-16,18H2,1-2H3,(H,31,34)/t20-/m0/s1. The van der Waals surface area contributed by atoms with Crippen LogP contribution in [0.1, 0.15) is 41.4 Å². The quantitative estimate of drug-likeness (QED) is 0.418. The van der Waals surface area contributed by atoms with Gasteiger partial charge in [0.1, 0.15) is 5.52 Å². The lowest BCUT2D eigenvalue weighted by Crippen LogP contribution is -2.42. The summed E-state index contributed by atoms with van der Waals surface area (Å²) in [6, 6.07) is 19.1. The van der Waals surface area contributed by atoms with Gasteiger partial charge in [0.15, 0.2) is 5.58 Å². The lowest BCUT2D eigenvalue weighted by atomic mass is 9.84. The molecule has 0 spiro atoms. The zero-order chi connectivity index (χ0) is 25.1. The molecule has 1 aliphatic heterocycles. The Balaban J connectivity index is 1.18. The van der Waals surface area contributed by atoms with Crippen LogP contribution in [-0.2, 0) is 11.3 Å². The van der Waals surface area contributed by atoms with E-state index in [1.165, 1.54) is 5.56 Å². The van der Waals surface area contributed by atoms with E-state index in [1.54, 1.807) is 18.3 Å². The van der Waals surface area contributed by atoms with E-state index in [-0.39, 0.29) is 23.7 Å². The van der Waals surface area contributed by atoms with Crippen LogP contribution in [-0.4, -0.2) is 39.8 Å². The van der Waals surface area contributed by atoms with Gasteiger partial charge in [-0.1, -0.05) is 30.7 Å². The van der Waals surface area contributed by atoms with Gasteiger partial charge >= 0.3 is 0 Å². The number of nitrogens with one attached hydrogen (secondary N) is 1. The van der Waals surface area contributed by atoms with Crippen LogP contribution >= 0.6 is 0 Å². The van der Waals surface area contributed by atoms with Gasteiger partial charge in [0, 0.05) is 36.3 Å². The first-order valence-electron chi connectivity index (χ1n) is 12.4. The summed E-state index contributed by atoms with van der Waals surface area (Å²) >= 11 is 0. The molecular weight excluding hydrogens is 452 g/mol. The van der Waals surface area contributed by atoms with Crippen molar-refractivity contribution in [3.05, 3.63) is 83.7 Å². The van der Waals surface area contributed by atoms with Crippen molar-refractivity contribution >= 4 is 22.9 Å². The smallest absolute Gasteiger partial charge is 0.253 e. The molecule has 0 unspecified atom stereocenters. The largest absolute Gasteiger partial charge is 0.436 e. The number of aryl methyl sites for hydroxylation is 1. The predicted octanol–water partition coefficient (Wildman–Crippen LogP) is 5.00. The van der Waals surface area contributed by atoms with Gasteiger partial charge < -0.3 is 14.6 Å². The summed E-state index contributed by atoms with van der Waals surface area (Å²) in [5, 5.41) is 2.99. The molecule has 1 fully saturated rings. The predicted molar refractivity (Wildman–Crippen MR) is 138 cm³/mol. The average Bonchev–Trinajstić information content (AvgIpc) is 3.35. The Bertz CT molecular complexity index is 1360. The number of carbonyl (C=O) groups is 2. The number of nitrogens with zero attached hydrogens (tertiary/aromatic N) is 3. The molecule has 0 aliphatic carbocycles. The maximum absolute atomic E-state index is 13.2. The van der Waals surface area contributed by atoms with Gasteiger partial charge in [-0.3, -0.25) is 14.6 Å². The molecule has 0 radical (unpaired) electrons. The summed E-state index contributed by atoms with van der Waals surface area (Å²) in [6.07, 6.45) is 3.32. The van der Waals surface area contributed by atoms with Crippen LogP contribution in [0, 0.1) is 18.8 Å². The molecule has 2 aromatic heterocycles. The highest BCUT2D eigenvalue weighted by atomic mass is 16.3. The van der Waals surface area contributed by atoms with E-state index in [1.807, 2.05) is 67.3 Å². The van der Waals surface area contributed by atoms with Crippen LogP contribution in [0.3, 0.4) is 0 Å². The first-order chi connectivity index (χ1) is 17.5. The van der Waals surface area contributed by atoms with E-state index < -0.39 is 0 Å². The number of aromatic nitrogens is 2. The molecule has 184 valence electrons. The number of fused-ring (bicyclic) bond motifs is 1. The molecule has 0 bridgehead atoms. The second kappa shape index (κ2) is 10.3. The number of amides is 2. The summed E-state index contributed by atoms with van der Waals surface area (Å²) in [6.45, 7) is 5.70. The number of carbonyl (C=O) groups excluding carboxylic acids is 2. The number of piperidine rings is 1. The highest BCUT2D eigenvalue weighted by Crippen LogP contribution is 2.28. The highest BCUT2D eigenvalue weighted by molar-refractivity contribution is 5.97. The van der Waals surface area contributed by atoms with Gasteiger partial charge in [0.25, 0.3) is 5.91 Å². The van der Waals surface area contributed by atoms with Crippen molar-refractivity contribution in [3.63, 3.8) is 0 Å². The number of rotatable bonds is 6. The van der Waals surface area contributed by atoms with Crippen molar-refractivity contribution in [2.75, 3.05) is 13.1 Å². The fraction of sp³-hybridized carbons (Fsp3) is 0.310. The summed E-state index contributed by atoms with van der Waals surface area (Å²) in [7, 11) is 0. The second-order valence-electron chi connectivity index (χ2n) is 9.52. The number of likely N-dealkylation sites (tertiary alicyclic amines) is 1. The van der Waals surface area contributed by atoms with Crippen molar-refractivity contribution in [2.24, 2.45) is 11.8 Å². The van der Waals surface area contributed by atoms with Crippen LogP contribution in [0.15, 0.2) is 71.3 Å². The molecular formula is C29H30N4O3. The van der Waals surface area contributed by atoms with Crippen molar-refractivity contribution in [1.82, 2.24) is 20.2 Å². The molecule has 36 heavy (non-hydrogen) atoms. The maximum Gasteiger partial charge on any atom is 0.253 e. The molecule has 1 saturated heterocycles. The lowest BCUT2D eigenvalue weighted by molar-refractivity contribution is -0.126. The molecule has 1 atom stereocenters. The fourth-order valence-corrected chi connectivity index (χ4v) is 4.72. The number of hydrogen-bond acceptors (Lipinski definition) is 5. The topological polar surface area (TPSA) is 88.3 Å². The van der Waals surface area contributed by atoms with E-state index in [4.69, 9.17) is 4.42 Å². The number of benzene rings is 2. The van der Waals surface area contributed by atoms with Crippen molar-refractivity contribution in [3.8, 4) is 11.5 Å². The van der Waals surface area contributed by atoms with Crippen molar-refractivity contribution in [1.29, 1.82) is 0 Å². The van der Waals surface area contributed by atoms with Crippen molar-refractivity contribution in [2.45, 2.75) is 33.2 Å². The SMILES string of the molecule is Cc1ccc(-c2nc3cc(C(=O)N4CCC([C@H](C)C(=O)NCc5ccccn5)CC4)ccc3o2)cc1. The second-order valence-corrected chi connectivity index (χ2v) is 9.52. The van der Waals surface area contributed by atoms with Gasteiger partial charge in [-0.05, 0) is 68.1 Å². The first-order valence-corrected chi connectivity index (χ1v) is 12.4. The summed E-state index contributed by atoms with van der Waals surface area (Å²) in [5.74, 6) is 0.699. The zero-order valence-electron chi connectivity index (χ0n) is 20.6. The van der Waals surface area contributed by atoms with E-state index in [0.29, 0.717) is 42.2 Å². The Hall–Kier alpha value is -4.00. The van der Waals surface area contributed by atoms with E-state index in [9.17, 15) is 9.59 Å². The van der Waals surface area contributed by atoms with Gasteiger partial charge in [-0.2, -0.15) is 0 Å². The fourth-order valence-electron chi connectivity index (χ4n) is 4.72. The zero-order valence-corrected chi connectivity index (χ0v) is 20.6. The maximum atomic E-state index is 13.2. The normalized spacial score (nSPS) is 15.1. The Labute approximate surface area is 210 Å². The highest BCUT2D eigenvalue weighted by Gasteiger charge is 2.30. The van der Waals surface area contributed by atoms with Crippen LogP contribution in [0.2, 0.25) is 0 Å². The third-order valence-electron chi connectivity index (χ3n) is 7.05. The van der Waals surface area contributed by atoms with Crippen LogP contribution < -0.4 is 5.32 Å². The van der Waals surface area contributed by atoms with Crippen molar-refractivity contribution < 1.29 is 14.0 Å². The minimum Gasteiger partial charge on any atom is -0.436 e. The summed E-state index contributed by atoms with van der Waals surface area (Å²) in [5.41, 5.74) is 4.85. The monoisotopic (exact) mass is 482 g/mol. The molecule has 7 heteroatoms. The summed E-state index contributed by atoms with van der Waals surface area (Å²) in [4.78, 5) is 36.6. The molecule has 7 nitrogen and oxygen atoms in total. The molecule has 4 aromatic rings. The average molecular weight is 483 g/mol. The Morgan fingerprint density at radius 1 is 1.08 bits per heavy atom. The Morgan fingerprint density at radius 2 is 1.86 bits per heavy atom. The molecule has 1 aliphatic rings. The number of pyridine rings is 1. The number of oxazole rings is 1. The van der Waals surface area contributed by atoms with E-state index >= 15 is 0 Å². The first kappa shape index (κ1) is 23.7. The van der Waals surface area contributed by atoms with Gasteiger partial charge in [0.05, 0.1) is 12.2 Å². The Morgan fingerprint density at radius 3 is 2.58 bits per heavy atom. The lowest BCUT2D eigenvalue weighted by Gasteiger charge is -2.34. The molecule has 2 aromatic carbocycles. The van der Waals surface area contributed by atoms with Gasteiger partial charge in [-0.25, -0.2) is 4.98 Å². The third kappa shape index (κ3) is 5.15. The molecule has 0 saturated carbocycles. The minimum absolute atomic E-state index is 0.0116. The van der Waals surface area contributed by atoms with E-state index in [0.717, 1.165) is 24.1 Å². The summed E-state index contributed by atoms with van der Waals surface area (Å²) < 4.78 is 5.91. The van der Waals surface area contributed by atoms with E-state index in [2.05, 4.69) is 15.3 Å². The Kier molecular flexibility index (Phi) is 6.80. The van der Waals surface area contributed by atoms with Gasteiger partial charge in [0.2, 0.25) is 11.8 Å². The van der Waals surface area contributed by atoms with Crippen LogP contribution in [0.25, 0.3) is 22.6 Å². The van der Waals surface area contributed by atoms with Crippen LogP contribution in [0.5, 0.6) is 0 Å². The molecule has 5 rings (SSSR count). The third-order valence-corrected chi connectivity index (χ3v) is 7.05. The molecule has 3 heterocycles. The van der Waals surface area contributed by atoms with Gasteiger partial charge in [-0.15, -0.1) is 0 Å².